The van der Waals surface area contributed by atoms with E-state index >= 15 is 0 Å². The summed E-state index contributed by atoms with van der Waals surface area (Å²) >= 11 is 0. The second kappa shape index (κ2) is 4.34. The third-order valence-electron chi connectivity index (χ3n) is 3.53. The molecule has 2 aromatic rings. The zero-order chi connectivity index (χ0) is 11.7. The first-order valence-corrected chi connectivity index (χ1v) is 6.25. The molecule has 17 heavy (non-hydrogen) atoms. The van der Waals surface area contributed by atoms with Crippen LogP contribution in [0.5, 0.6) is 0 Å². The van der Waals surface area contributed by atoms with Crippen LogP contribution in [0.4, 0.5) is 0 Å². The first-order chi connectivity index (χ1) is 8.40. The van der Waals surface area contributed by atoms with Gasteiger partial charge in [0, 0.05) is 6.54 Å². The van der Waals surface area contributed by atoms with Gasteiger partial charge in [-0.25, -0.2) is 0 Å². The van der Waals surface area contributed by atoms with Gasteiger partial charge >= 0.3 is 0 Å². The normalized spacial score (nSPS) is 13.9. The van der Waals surface area contributed by atoms with Crippen LogP contribution >= 0.6 is 0 Å². The number of hydrogen-bond donors (Lipinski definition) is 1. The van der Waals surface area contributed by atoms with Crippen LogP contribution in [-0.2, 0) is 12.8 Å². The zero-order valence-electron chi connectivity index (χ0n) is 10.2. The molecule has 1 nitrogen and oxygen atoms in total. The molecule has 0 radical (unpaired) electrons. The molecule has 1 aliphatic rings. The molecule has 1 heteroatoms. The minimum Gasteiger partial charge on any atom is -0.316 e. The van der Waals surface area contributed by atoms with Crippen molar-refractivity contribution in [2.75, 3.05) is 13.6 Å². The van der Waals surface area contributed by atoms with Crippen LogP contribution in [0.15, 0.2) is 36.4 Å². The van der Waals surface area contributed by atoms with Gasteiger partial charge in [-0.2, -0.15) is 0 Å². The summed E-state index contributed by atoms with van der Waals surface area (Å²) in [5.41, 5.74) is 4.37. The first-order valence-electron chi connectivity index (χ1n) is 6.25. The Morgan fingerprint density at radius 3 is 2.76 bits per heavy atom. The van der Waals surface area contributed by atoms with E-state index in [0.29, 0.717) is 0 Å². The van der Waals surface area contributed by atoms with E-state index in [1.165, 1.54) is 40.3 Å². The number of nitrogens with one attached hydrogen (secondary N) is 1. The topological polar surface area (TPSA) is 12.0 Å². The highest BCUT2D eigenvalue weighted by molar-refractivity contribution is 5.96. The fourth-order valence-corrected chi connectivity index (χ4v) is 2.72. The van der Waals surface area contributed by atoms with E-state index in [1.807, 2.05) is 7.05 Å². The van der Waals surface area contributed by atoms with Crippen LogP contribution in [0.1, 0.15) is 16.7 Å². The van der Waals surface area contributed by atoms with E-state index in [9.17, 15) is 0 Å². The maximum atomic E-state index is 3.13. The molecule has 0 saturated carbocycles. The third kappa shape index (κ3) is 1.77. The molecule has 0 spiro atoms. The average molecular weight is 223 g/mol. The highest BCUT2D eigenvalue weighted by atomic mass is 14.8. The molecule has 86 valence electrons. The summed E-state index contributed by atoms with van der Waals surface area (Å²) < 4.78 is 0. The second-order valence-electron chi connectivity index (χ2n) is 4.61. The molecule has 0 unspecified atom stereocenters. The molecule has 0 heterocycles. The van der Waals surface area contributed by atoms with E-state index < -0.39 is 0 Å². The van der Waals surface area contributed by atoms with Crippen molar-refractivity contribution >= 4 is 16.8 Å². The van der Waals surface area contributed by atoms with Gasteiger partial charge in [-0.05, 0) is 47.4 Å². The number of likely N-dealkylation sites (N-methyl/N-ethyl adjacent to an activating group) is 1. The molecule has 2 aromatic carbocycles. The third-order valence-corrected chi connectivity index (χ3v) is 3.53. The van der Waals surface area contributed by atoms with E-state index in [2.05, 4.69) is 47.8 Å². The Morgan fingerprint density at radius 2 is 1.94 bits per heavy atom. The zero-order valence-corrected chi connectivity index (χ0v) is 10.2. The molecular weight excluding hydrogens is 206 g/mol. The van der Waals surface area contributed by atoms with Gasteiger partial charge in [0.1, 0.15) is 0 Å². The Bertz CT molecular complexity index is 571. The number of rotatable bonds is 3. The quantitative estimate of drug-likeness (QED) is 0.842. The number of benzene rings is 2. The van der Waals surface area contributed by atoms with Crippen LogP contribution in [0, 0.1) is 0 Å². The Hall–Kier alpha value is -1.60. The van der Waals surface area contributed by atoms with Gasteiger partial charge < -0.3 is 5.32 Å². The first kappa shape index (κ1) is 10.5. The van der Waals surface area contributed by atoms with Crippen molar-refractivity contribution < 1.29 is 0 Å². The molecule has 0 saturated heterocycles. The van der Waals surface area contributed by atoms with E-state index in [4.69, 9.17) is 0 Å². The number of aryl methyl sites for hydroxylation is 2. The lowest BCUT2D eigenvalue weighted by Crippen LogP contribution is -2.03. The average Bonchev–Trinajstić information content (AvgIpc) is 2.78. The van der Waals surface area contributed by atoms with E-state index in [-0.39, 0.29) is 0 Å². The van der Waals surface area contributed by atoms with Crippen LogP contribution in [0.2, 0.25) is 0 Å². The monoisotopic (exact) mass is 223 g/mol. The van der Waals surface area contributed by atoms with Crippen molar-refractivity contribution in [3.63, 3.8) is 0 Å². The Morgan fingerprint density at radius 1 is 1.12 bits per heavy atom. The standard InChI is InChI=1S/C16H17N/c1-17-11-3-5-12-7-8-14-10-9-13-4-2-6-15(12)16(13)14/h2-8,17H,9-11H2,1H3. The predicted molar refractivity (Wildman–Crippen MR) is 74.3 cm³/mol. The second-order valence-corrected chi connectivity index (χ2v) is 4.61. The summed E-state index contributed by atoms with van der Waals surface area (Å²) in [6, 6.07) is 11.2. The Kier molecular flexibility index (Phi) is 2.69. The fraction of sp³-hybridized carbons (Fsp3) is 0.250. The van der Waals surface area contributed by atoms with Crippen LogP contribution in [0.3, 0.4) is 0 Å². The summed E-state index contributed by atoms with van der Waals surface area (Å²) in [7, 11) is 1.97. The van der Waals surface area contributed by atoms with Gasteiger partial charge in [0.25, 0.3) is 0 Å². The molecule has 0 amide bonds. The van der Waals surface area contributed by atoms with Gasteiger partial charge in [-0.1, -0.05) is 42.5 Å². The number of hydrogen-bond acceptors (Lipinski definition) is 1. The largest absolute Gasteiger partial charge is 0.316 e. The molecule has 0 aromatic heterocycles. The van der Waals surface area contributed by atoms with Crippen molar-refractivity contribution in [1.29, 1.82) is 0 Å². The molecule has 1 aliphatic carbocycles. The van der Waals surface area contributed by atoms with Gasteiger partial charge in [0.2, 0.25) is 0 Å². The van der Waals surface area contributed by atoms with Crippen LogP contribution in [0.25, 0.3) is 16.8 Å². The van der Waals surface area contributed by atoms with Crippen molar-refractivity contribution in [2.45, 2.75) is 12.8 Å². The predicted octanol–water partition coefficient (Wildman–Crippen LogP) is 3.17. The molecule has 0 atom stereocenters. The highest BCUT2D eigenvalue weighted by Crippen LogP contribution is 2.33. The Labute approximate surface area is 102 Å². The molecule has 0 fully saturated rings. The molecule has 0 bridgehead atoms. The smallest absolute Gasteiger partial charge is 0.0135 e. The van der Waals surface area contributed by atoms with Gasteiger partial charge in [-0.15, -0.1) is 0 Å². The van der Waals surface area contributed by atoms with Crippen molar-refractivity contribution in [3.8, 4) is 0 Å². The SMILES string of the molecule is CNCC=Cc1ccc2c3c(cccc13)CC2. The van der Waals surface area contributed by atoms with Gasteiger partial charge in [0.05, 0.1) is 0 Å². The van der Waals surface area contributed by atoms with Crippen molar-refractivity contribution in [1.82, 2.24) is 5.32 Å². The maximum Gasteiger partial charge on any atom is 0.0135 e. The summed E-state index contributed by atoms with van der Waals surface area (Å²) in [5, 5.41) is 6.04. The fourth-order valence-electron chi connectivity index (χ4n) is 2.72. The van der Waals surface area contributed by atoms with E-state index in [0.717, 1.165) is 6.54 Å². The van der Waals surface area contributed by atoms with Gasteiger partial charge in [0.15, 0.2) is 0 Å². The lowest BCUT2D eigenvalue weighted by molar-refractivity contribution is 0.922. The highest BCUT2D eigenvalue weighted by Gasteiger charge is 2.14. The molecule has 3 rings (SSSR count). The van der Waals surface area contributed by atoms with E-state index in [1.54, 1.807) is 0 Å². The van der Waals surface area contributed by atoms with Crippen LogP contribution in [-0.4, -0.2) is 13.6 Å². The van der Waals surface area contributed by atoms with Crippen LogP contribution < -0.4 is 5.32 Å². The minimum absolute atomic E-state index is 0.920. The molecule has 0 aliphatic heterocycles. The summed E-state index contributed by atoms with van der Waals surface area (Å²) in [4.78, 5) is 0. The lowest BCUT2D eigenvalue weighted by Gasteiger charge is -2.05. The van der Waals surface area contributed by atoms with Crippen molar-refractivity contribution in [3.05, 3.63) is 53.1 Å². The lowest BCUT2D eigenvalue weighted by atomic mass is 10.00. The Balaban J connectivity index is 2.15. The summed E-state index contributed by atoms with van der Waals surface area (Å²) in [6.45, 7) is 0.920. The maximum absolute atomic E-state index is 3.13. The minimum atomic E-state index is 0.920. The molecule has 1 N–H and O–H groups in total. The molecular formula is C16H17N. The van der Waals surface area contributed by atoms with Crippen molar-refractivity contribution in [2.24, 2.45) is 0 Å². The summed E-state index contributed by atoms with van der Waals surface area (Å²) in [6.07, 6.45) is 6.81. The van der Waals surface area contributed by atoms with Gasteiger partial charge in [-0.3, -0.25) is 0 Å². The summed E-state index contributed by atoms with van der Waals surface area (Å²) in [5.74, 6) is 0.